The van der Waals surface area contributed by atoms with Crippen molar-refractivity contribution in [2.45, 2.75) is 12.3 Å². The molecule has 0 radical (unpaired) electrons. The number of aromatic carboxylic acids is 1. The first kappa shape index (κ1) is 20.3. The second kappa shape index (κ2) is 8.06. The van der Waals surface area contributed by atoms with Gasteiger partial charge in [0.15, 0.2) is 0 Å². The number of aromatic nitrogens is 1. The van der Waals surface area contributed by atoms with Crippen LogP contribution in [0.25, 0.3) is 5.69 Å². The van der Waals surface area contributed by atoms with Gasteiger partial charge < -0.3 is 29.2 Å². The van der Waals surface area contributed by atoms with Gasteiger partial charge in [0.05, 0.1) is 32.7 Å². The topological polar surface area (TPSA) is 99.0 Å². The van der Waals surface area contributed by atoms with Gasteiger partial charge >= 0.3 is 5.97 Å². The highest BCUT2D eigenvalue weighted by molar-refractivity contribution is 6.04. The number of rotatable bonds is 6. The molecule has 31 heavy (non-hydrogen) atoms. The van der Waals surface area contributed by atoms with Gasteiger partial charge in [-0.1, -0.05) is 12.1 Å². The molecule has 1 aliphatic heterocycles. The number of fused-ring (bicyclic) bond motifs is 1. The van der Waals surface area contributed by atoms with Crippen LogP contribution < -0.4 is 19.5 Å². The number of benzene rings is 2. The smallest absolute Gasteiger partial charge is 0.339 e. The predicted octanol–water partition coefficient (Wildman–Crippen LogP) is 3.68. The second-order valence-corrected chi connectivity index (χ2v) is 7.09. The van der Waals surface area contributed by atoms with Crippen LogP contribution in [0.5, 0.6) is 17.2 Å². The van der Waals surface area contributed by atoms with Crippen molar-refractivity contribution in [1.29, 1.82) is 0 Å². The van der Waals surface area contributed by atoms with E-state index in [0.717, 1.165) is 11.3 Å². The van der Waals surface area contributed by atoms with Crippen LogP contribution in [-0.2, 0) is 4.79 Å². The minimum absolute atomic E-state index is 0.0170. The zero-order valence-corrected chi connectivity index (χ0v) is 17.3. The molecule has 0 saturated carbocycles. The zero-order chi connectivity index (χ0) is 22.1. The van der Waals surface area contributed by atoms with Gasteiger partial charge in [-0.3, -0.25) is 4.79 Å². The number of carboxylic acid groups (broad SMARTS) is 1. The molecule has 8 nitrogen and oxygen atoms in total. The zero-order valence-electron chi connectivity index (χ0n) is 17.3. The summed E-state index contributed by atoms with van der Waals surface area (Å²) in [5.74, 6) is -0.00304. The van der Waals surface area contributed by atoms with Crippen LogP contribution in [0.1, 0.15) is 34.0 Å². The summed E-state index contributed by atoms with van der Waals surface area (Å²) < 4.78 is 18.0. The highest BCUT2D eigenvalue weighted by atomic mass is 16.5. The normalized spacial score (nSPS) is 15.1. The minimum Gasteiger partial charge on any atom is -0.497 e. The van der Waals surface area contributed by atoms with Crippen molar-refractivity contribution in [2.24, 2.45) is 0 Å². The highest BCUT2D eigenvalue weighted by Crippen LogP contribution is 2.45. The van der Waals surface area contributed by atoms with Crippen molar-refractivity contribution in [3.8, 4) is 22.9 Å². The molecule has 0 aliphatic carbocycles. The van der Waals surface area contributed by atoms with Gasteiger partial charge in [0.1, 0.15) is 22.8 Å². The summed E-state index contributed by atoms with van der Waals surface area (Å²) in [5, 5.41) is 12.5. The first-order chi connectivity index (χ1) is 15.0. The first-order valence-corrected chi connectivity index (χ1v) is 9.61. The summed E-state index contributed by atoms with van der Waals surface area (Å²) in [5.41, 5.74) is 2.45. The molecule has 0 unspecified atom stereocenters. The fourth-order valence-electron chi connectivity index (χ4n) is 3.97. The van der Waals surface area contributed by atoms with Gasteiger partial charge in [-0.25, -0.2) is 4.79 Å². The standard InChI is InChI=1S/C23H22N2O6/c1-29-14-6-4-5-13(9-14)25-12-18(23(27)28)21-22(25)17(11-20(26)24-21)16-8-7-15(30-2)10-19(16)31-3/h4-10,12,17H,11H2,1-3H3,(H,24,26)(H,27,28)/t17-/m1/s1. The molecule has 0 spiro atoms. The highest BCUT2D eigenvalue weighted by Gasteiger charge is 2.35. The van der Waals surface area contributed by atoms with E-state index < -0.39 is 11.9 Å². The van der Waals surface area contributed by atoms with Crippen LogP contribution in [0.4, 0.5) is 5.69 Å². The van der Waals surface area contributed by atoms with E-state index in [1.165, 1.54) is 6.20 Å². The average Bonchev–Trinajstić information content (AvgIpc) is 3.17. The summed E-state index contributed by atoms with van der Waals surface area (Å²) in [7, 11) is 4.68. The first-order valence-electron chi connectivity index (χ1n) is 9.61. The maximum Gasteiger partial charge on any atom is 0.339 e. The number of hydrogen-bond donors (Lipinski definition) is 2. The van der Waals surface area contributed by atoms with Crippen LogP contribution in [0.15, 0.2) is 48.7 Å². The van der Waals surface area contributed by atoms with Crippen LogP contribution in [0.3, 0.4) is 0 Å². The molecule has 3 aromatic rings. The summed E-state index contributed by atoms with van der Waals surface area (Å²) in [6, 6.07) is 12.7. The third-order valence-electron chi connectivity index (χ3n) is 5.41. The number of nitrogens with one attached hydrogen (secondary N) is 1. The quantitative estimate of drug-likeness (QED) is 0.629. The monoisotopic (exact) mass is 422 g/mol. The number of ether oxygens (including phenoxy) is 3. The van der Waals surface area contributed by atoms with Gasteiger partial charge in [-0.15, -0.1) is 0 Å². The van der Waals surface area contributed by atoms with Crippen LogP contribution in [-0.4, -0.2) is 42.9 Å². The third-order valence-corrected chi connectivity index (χ3v) is 5.41. The van der Waals surface area contributed by atoms with E-state index >= 15 is 0 Å². The Hall–Kier alpha value is -3.94. The van der Waals surface area contributed by atoms with E-state index in [9.17, 15) is 14.7 Å². The lowest BCUT2D eigenvalue weighted by atomic mass is 9.87. The van der Waals surface area contributed by atoms with E-state index in [1.807, 2.05) is 30.3 Å². The summed E-state index contributed by atoms with van der Waals surface area (Å²) in [4.78, 5) is 24.5. The lowest BCUT2D eigenvalue weighted by molar-refractivity contribution is -0.116. The number of nitrogens with zero attached hydrogens (tertiary/aromatic N) is 1. The van der Waals surface area contributed by atoms with E-state index in [2.05, 4.69) is 5.32 Å². The molecule has 4 rings (SSSR count). The Morgan fingerprint density at radius 2 is 1.81 bits per heavy atom. The lowest BCUT2D eigenvalue weighted by Gasteiger charge is -2.27. The SMILES string of the molecule is COc1cccc(-n2cc(C(=O)O)c3c2[C@@H](c2ccc(OC)cc2OC)CC(=O)N3)c1. The van der Waals surface area contributed by atoms with Gasteiger partial charge in [0.25, 0.3) is 0 Å². The fourth-order valence-corrected chi connectivity index (χ4v) is 3.97. The largest absolute Gasteiger partial charge is 0.497 e. The molecular weight excluding hydrogens is 400 g/mol. The number of carbonyl (C=O) groups excluding carboxylic acids is 1. The molecule has 0 saturated heterocycles. The number of carboxylic acids is 1. The third kappa shape index (κ3) is 3.56. The maximum absolute atomic E-state index is 12.6. The van der Waals surface area contributed by atoms with E-state index in [-0.39, 0.29) is 23.6 Å². The Labute approximate surface area is 179 Å². The summed E-state index contributed by atoms with van der Waals surface area (Å²) in [6.45, 7) is 0. The van der Waals surface area contributed by atoms with Crippen molar-refractivity contribution in [2.75, 3.05) is 26.6 Å². The number of anilines is 1. The number of hydrogen-bond acceptors (Lipinski definition) is 5. The molecule has 2 aromatic carbocycles. The molecule has 160 valence electrons. The molecular formula is C23H22N2O6. The van der Waals surface area contributed by atoms with Gasteiger partial charge in [-0.05, 0) is 18.2 Å². The summed E-state index contributed by atoms with van der Waals surface area (Å²) in [6.07, 6.45) is 1.67. The summed E-state index contributed by atoms with van der Waals surface area (Å²) >= 11 is 0. The van der Waals surface area contributed by atoms with Gasteiger partial charge in [0.2, 0.25) is 5.91 Å². The van der Waals surface area contributed by atoms with Crippen molar-refractivity contribution in [3.63, 3.8) is 0 Å². The van der Waals surface area contributed by atoms with E-state index in [4.69, 9.17) is 14.2 Å². The number of amides is 1. The van der Waals surface area contributed by atoms with E-state index in [0.29, 0.717) is 22.9 Å². The fraction of sp³-hybridized carbons (Fsp3) is 0.217. The Morgan fingerprint density at radius 1 is 1.06 bits per heavy atom. The Balaban J connectivity index is 1.97. The van der Waals surface area contributed by atoms with Gasteiger partial charge in [0, 0.05) is 41.9 Å². The van der Waals surface area contributed by atoms with Crippen molar-refractivity contribution in [3.05, 3.63) is 65.5 Å². The lowest BCUT2D eigenvalue weighted by Crippen LogP contribution is -2.25. The molecule has 0 fully saturated rings. The van der Waals surface area contributed by atoms with Crippen molar-refractivity contribution >= 4 is 17.6 Å². The Morgan fingerprint density at radius 3 is 2.48 bits per heavy atom. The molecule has 1 amide bonds. The van der Waals surface area contributed by atoms with Crippen LogP contribution in [0, 0.1) is 0 Å². The molecule has 8 heteroatoms. The molecule has 1 atom stereocenters. The predicted molar refractivity (Wildman–Crippen MR) is 114 cm³/mol. The molecule has 0 bridgehead atoms. The molecule has 1 aliphatic rings. The average molecular weight is 422 g/mol. The van der Waals surface area contributed by atoms with Crippen molar-refractivity contribution in [1.82, 2.24) is 4.57 Å². The molecule has 2 heterocycles. The van der Waals surface area contributed by atoms with Crippen LogP contribution in [0.2, 0.25) is 0 Å². The molecule has 2 N–H and O–H groups in total. The van der Waals surface area contributed by atoms with Gasteiger partial charge in [-0.2, -0.15) is 0 Å². The Kier molecular flexibility index (Phi) is 5.29. The maximum atomic E-state index is 12.6. The second-order valence-electron chi connectivity index (χ2n) is 7.09. The number of methoxy groups -OCH3 is 3. The molecule has 1 aromatic heterocycles. The van der Waals surface area contributed by atoms with Crippen molar-refractivity contribution < 1.29 is 28.9 Å². The Bertz CT molecular complexity index is 1170. The van der Waals surface area contributed by atoms with E-state index in [1.54, 1.807) is 38.0 Å². The minimum atomic E-state index is -1.12. The number of carbonyl (C=O) groups is 2. The van der Waals surface area contributed by atoms with Crippen LogP contribution >= 0.6 is 0 Å².